The molecule has 1 aromatic rings. The van der Waals surface area contributed by atoms with Crippen LogP contribution in [0.2, 0.25) is 0 Å². The van der Waals surface area contributed by atoms with E-state index in [2.05, 4.69) is 17.5 Å². The van der Waals surface area contributed by atoms with Crippen LogP contribution in [-0.2, 0) is 0 Å². The van der Waals surface area contributed by atoms with Crippen molar-refractivity contribution in [2.24, 2.45) is 5.73 Å². The van der Waals surface area contributed by atoms with Crippen LogP contribution in [0.3, 0.4) is 0 Å². The van der Waals surface area contributed by atoms with Crippen LogP contribution >= 0.6 is 12.2 Å². The average molecular weight is 258 g/mol. The van der Waals surface area contributed by atoms with Gasteiger partial charge in [0.15, 0.2) is 0 Å². The summed E-state index contributed by atoms with van der Waals surface area (Å²) < 4.78 is 26.1. The lowest BCUT2D eigenvalue weighted by molar-refractivity contribution is 0.0936. The second kappa shape index (κ2) is 5.67. The molecule has 1 rings (SSSR count). The summed E-state index contributed by atoms with van der Waals surface area (Å²) in [6, 6.07) is 2.37. The number of amides is 1. The van der Waals surface area contributed by atoms with E-state index in [9.17, 15) is 13.6 Å². The lowest BCUT2D eigenvalue weighted by Gasteiger charge is -2.13. The fourth-order valence-electron chi connectivity index (χ4n) is 1.33. The molecule has 0 aromatic heterocycles. The Balaban J connectivity index is 2.76. The van der Waals surface area contributed by atoms with Crippen molar-refractivity contribution in [3.8, 4) is 0 Å². The maximum atomic E-state index is 13.3. The van der Waals surface area contributed by atoms with Crippen molar-refractivity contribution in [3.05, 3.63) is 35.4 Å². The third kappa shape index (κ3) is 4.07. The number of nitrogens with two attached hydrogens (primary N) is 1. The minimum Gasteiger partial charge on any atom is -0.393 e. The highest BCUT2D eigenvalue weighted by Gasteiger charge is 2.15. The summed E-state index contributed by atoms with van der Waals surface area (Å²) in [5.74, 6) is -2.13. The Morgan fingerprint density at radius 3 is 2.76 bits per heavy atom. The van der Waals surface area contributed by atoms with E-state index in [1.165, 1.54) is 0 Å². The van der Waals surface area contributed by atoms with Crippen molar-refractivity contribution in [2.45, 2.75) is 19.4 Å². The van der Waals surface area contributed by atoms with Crippen LogP contribution < -0.4 is 11.1 Å². The average Bonchev–Trinajstić information content (AvgIpc) is 2.20. The Hall–Kier alpha value is -1.56. The summed E-state index contributed by atoms with van der Waals surface area (Å²) in [7, 11) is 0. The van der Waals surface area contributed by atoms with Gasteiger partial charge in [-0.3, -0.25) is 4.79 Å². The fourth-order valence-corrected chi connectivity index (χ4v) is 1.58. The van der Waals surface area contributed by atoms with Gasteiger partial charge in [0.25, 0.3) is 5.91 Å². The van der Waals surface area contributed by atoms with Crippen molar-refractivity contribution in [1.82, 2.24) is 5.32 Å². The number of carbonyl (C=O) groups excluding carboxylic acids is 1. The van der Waals surface area contributed by atoms with Gasteiger partial charge in [0, 0.05) is 12.5 Å². The molecule has 0 saturated heterocycles. The number of carbonyl (C=O) groups is 1. The Labute approximate surface area is 103 Å². The van der Waals surface area contributed by atoms with Crippen molar-refractivity contribution in [3.63, 3.8) is 0 Å². The van der Waals surface area contributed by atoms with Crippen LogP contribution in [0.15, 0.2) is 18.2 Å². The van der Waals surface area contributed by atoms with E-state index in [0.29, 0.717) is 6.42 Å². The summed E-state index contributed by atoms with van der Waals surface area (Å²) in [4.78, 5) is 11.9. The van der Waals surface area contributed by atoms with Crippen LogP contribution in [0.5, 0.6) is 0 Å². The molecule has 1 atom stereocenters. The van der Waals surface area contributed by atoms with Gasteiger partial charge >= 0.3 is 0 Å². The SMILES string of the molecule is CC(CC(N)=S)NC(=O)c1cc(F)ccc1F. The van der Waals surface area contributed by atoms with Gasteiger partial charge in [0.05, 0.1) is 10.6 Å². The molecule has 0 aliphatic carbocycles. The van der Waals surface area contributed by atoms with Gasteiger partial charge < -0.3 is 11.1 Å². The molecule has 0 fully saturated rings. The minimum absolute atomic E-state index is 0.248. The lowest BCUT2D eigenvalue weighted by Crippen LogP contribution is -2.35. The Kier molecular flexibility index (Phi) is 4.51. The molecule has 17 heavy (non-hydrogen) atoms. The van der Waals surface area contributed by atoms with Gasteiger partial charge in [-0.1, -0.05) is 12.2 Å². The number of rotatable bonds is 4. The highest BCUT2D eigenvalue weighted by Crippen LogP contribution is 2.10. The molecule has 0 bridgehead atoms. The molecule has 1 aromatic carbocycles. The summed E-state index contributed by atoms with van der Waals surface area (Å²) in [6.45, 7) is 1.67. The second-order valence-electron chi connectivity index (χ2n) is 3.67. The van der Waals surface area contributed by atoms with Gasteiger partial charge in [-0.2, -0.15) is 0 Å². The molecule has 3 N–H and O–H groups in total. The Morgan fingerprint density at radius 2 is 2.18 bits per heavy atom. The van der Waals surface area contributed by atoms with Gasteiger partial charge in [-0.05, 0) is 25.1 Å². The summed E-state index contributed by atoms with van der Waals surface area (Å²) >= 11 is 4.68. The Morgan fingerprint density at radius 1 is 1.53 bits per heavy atom. The normalized spacial score (nSPS) is 11.9. The van der Waals surface area contributed by atoms with Crippen LogP contribution in [0.1, 0.15) is 23.7 Å². The molecule has 0 aliphatic rings. The van der Waals surface area contributed by atoms with Crippen LogP contribution in [0.25, 0.3) is 0 Å². The predicted molar refractivity (Wildman–Crippen MR) is 64.7 cm³/mol. The number of hydrogen-bond acceptors (Lipinski definition) is 2. The van der Waals surface area contributed by atoms with Gasteiger partial charge in [-0.15, -0.1) is 0 Å². The first-order chi connectivity index (χ1) is 7.90. The van der Waals surface area contributed by atoms with Gasteiger partial charge in [-0.25, -0.2) is 8.78 Å². The van der Waals surface area contributed by atoms with E-state index in [1.54, 1.807) is 6.92 Å². The molecule has 0 radical (unpaired) electrons. The summed E-state index contributed by atoms with van der Waals surface area (Å²) in [5, 5.41) is 2.48. The maximum Gasteiger partial charge on any atom is 0.254 e. The number of hydrogen-bond donors (Lipinski definition) is 2. The standard InChI is InChI=1S/C11H12F2N2OS/c1-6(4-10(14)17)15-11(16)8-5-7(12)2-3-9(8)13/h2-3,5-6H,4H2,1H3,(H2,14,17)(H,15,16). The zero-order valence-corrected chi connectivity index (χ0v) is 9.98. The first kappa shape index (κ1) is 13.5. The Bertz CT molecular complexity index is 451. The number of halogens is 2. The first-order valence-electron chi connectivity index (χ1n) is 4.94. The molecule has 6 heteroatoms. The fraction of sp³-hybridized carbons (Fsp3) is 0.273. The minimum atomic E-state index is -0.772. The second-order valence-corrected chi connectivity index (χ2v) is 4.19. The van der Waals surface area contributed by atoms with Crippen LogP contribution in [0, 0.1) is 11.6 Å². The van der Waals surface area contributed by atoms with Gasteiger partial charge in [0.1, 0.15) is 11.6 Å². The largest absolute Gasteiger partial charge is 0.393 e. The zero-order chi connectivity index (χ0) is 13.0. The molecule has 0 heterocycles. The van der Waals surface area contributed by atoms with E-state index in [0.717, 1.165) is 18.2 Å². The number of thiocarbonyl (C=S) groups is 1. The van der Waals surface area contributed by atoms with Gasteiger partial charge in [0.2, 0.25) is 0 Å². The topological polar surface area (TPSA) is 55.1 Å². The highest BCUT2D eigenvalue weighted by atomic mass is 32.1. The monoisotopic (exact) mass is 258 g/mol. The molecule has 0 aliphatic heterocycles. The van der Waals surface area contributed by atoms with E-state index in [-0.39, 0.29) is 16.6 Å². The third-order valence-electron chi connectivity index (χ3n) is 2.06. The quantitative estimate of drug-likeness (QED) is 0.809. The van der Waals surface area contributed by atoms with E-state index < -0.39 is 17.5 Å². The summed E-state index contributed by atoms with van der Waals surface area (Å²) in [5.41, 5.74) is 4.97. The summed E-state index contributed by atoms with van der Waals surface area (Å²) in [6.07, 6.45) is 0.304. The number of benzene rings is 1. The van der Waals surface area contributed by atoms with Crippen molar-refractivity contribution < 1.29 is 13.6 Å². The van der Waals surface area contributed by atoms with Crippen molar-refractivity contribution >= 4 is 23.1 Å². The zero-order valence-electron chi connectivity index (χ0n) is 9.17. The van der Waals surface area contributed by atoms with Crippen molar-refractivity contribution in [2.75, 3.05) is 0 Å². The number of nitrogens with one attached hydrogen (secondary N) is 1. The molecule has 92 valence electrons. The third-order valence-corrected chi connectivity index (χ3v) is 2.22. The molecule has 0 spiro atoms. The molecule has 0 saturated carbocycles. The van der Waals surface area contributed by atoms with Crippen molar-refractivity contribution in [1.29, 1.82) is 0 Å². The van der Waals surface area contributed by atoms with Crippen LogP contribution in [0.4, 0.5) is 8.78 Å². The molecular formula is C11H12F2N2OS. The maximum absolute atomic E-state index is 13.3. The highest BCUT2D eigenvalue weighted by molar-refractivity contribution is 7.80. The molecule has 1 amide bonds. The van der Waals surface area contributed by atoms with E-state index >= 15 is 0 Å². The smallest absolute Gasteiger partial charge is 0.254 e. The predicted octanol–water partition coefficient (Wildman–Crippen LogP) is 1.76. The van der Waals surface area contributed by atoms with E-state index in [4.69, 9.17) is 5.73 Å². The molecular weight excluding hydrogens is 246 g/mol. The van der Waals surface area contributed by atoms with Crippen LogP contribution in [-0.4, -0.2) is 16.9 Å². The molecule has 3 nitrogen and oxygen atoms in total. The first-order valence-corrected chi connectivity index (χ1v) is 5.35. The lowest BCUT2D eigenvalue weighted by atomic mass is 10.1. The van der Waals surface area contributed by atoms with E-state index in [1.807, 2.05) is 0 Å². The molecule has 1 unspecified atom stereocenters.